The molecule has 1 saturated heterocycles. The highest BCUT2D eigenvalue weighted by atomic mass is 16.3. The minimum atomic E-state index is -0.0852. The van der Waals surface area contributed by atoms with Crippen LogP contribution in [0.2, 0.25) is 0 Å². The molecule has 1 amide bonds. The number of likely N-dealkylation sites (tertiary alicyclic amines) is 1. The van der Waals surface area contributed by atoms with Crippen molar-refractivity contribution in [1.82, 2.24) is 14.9 Å². The van der Waals surface area contributed by atoms with Crippen LogP contribution in [0.4, 0.5) is 11.6 Å². The molecular formula is C21H25N5O2. The number of hydrogen-bond acceptors (Lipinski definition) is 6. The van der Waals surface area contributed by atoms with Crippen LogP contribution in [-0.4, -0.2) is 52.6 Å². The number of benzene rings is 1. The Balaban J connectivity index is 1.69. The molecule has 1 aromatic heterocycles. The first kappa shape index (κ1) is 19.5. The maximum absolute atomic E-state index is 11.9. The SMILES string of the molecule is CC#CC(=O)N1CCC(CNc2ncnc(NC)c2-c2ccc(O)cc2)CC1. The molecule has 1 aliphatic heterocycles. The molecule has 3 rings (SSSR count). The molecule has 28 heavy (non-hydrogen) atoms. The first-order valence-electron chi connectivity index (χ1n) is 9.40. The van der Waals surface area contributed by atoms with Crippen LogP contribution in [0.25, 0.3) is 11.1 Å². The molecule has 7 nitrogen and oxygen atoms in total. The van der Waals surface area contributed by atoms with E-state index in [0.717, 1.165) is 55.2 Å². The molecule has 0 atom stereocenters. The zero-order valence-corrected chi connectivity index (χ0v) is 16.2. The number of rotatable bonds is 5. The number of amides is 1. The average molecular weight is 379 g/mol. The highest BCUT2D eigenvalue weighted by Crippen LogP contribution is 2.33. The highest BCUT2D eigenvalue weighted by molar-refractivity contribution is 5.93. The molecule has 0 saturated carbocycles. The molecule has 1 aromatic carbocycles. The lowest BCUT2D eigenvalue weighted by molar-refractivity contribution is -0.126. The number of aromatic hydroxyl groups is 1. The molecular weight excluding hydrogens is 354 g/mol. The van der Waals surface area contributed by atoms with Crippen LogP contribution in [0.5, 0.6) is 5.75 Å². The Morgan fingerprint density at radius 2 is 1.89 bits per heavy atom. The molecule has 2 heterocycles. The summed E-state index contributed by atoms with van der Waals surface area (Å²) in [6.45, 7) is 3.92. The first-order valence-corrected chi connectivity index (χ1v) is 9.40. The van der Waals surface area contributed by atoms with E-state index in [0.29, 0.717) is 5.92 Å². The summed E-state index contributed by atoms with van der Waals surface area (Å²) < 4.78 is 0. The average Bonchev–Trinajstić information content (AvgIpc) is 2.73. The fourth-order valence-corrected chi connectivity index (χ4v) is 3.38. The van der Waals surface area contributed by atoms with Gasteiger partial charge in [-0.1, -0.05) is 18.1 Å². The molecule has 1 fully saturated rings. The van der Waals surface area contributed by atoms with Gasteiger partial charge >= 0.3 is 0 Å². The van der Waals surface area contributed by atoms with Gasteiger partial charge in [-0.05, 0) is 49.3 Å². The van der Waals surface area contributed by atoms with E-state index in [2.05, 4.69) is 32.4 Å². The standard InChI is InChI=1S/C21H25N5O2/c1-3-4-18(28)26-11-9-15(10-12-26)13-23-21-19(20(22-2)24-14-25-21)16-5-7-17(27)8-6-16/h5-8,14-15,27H,9-13H2,1-2H3,(H2,22,23,24,25). The fourth-order valence-electron chi connectivity index (χ4n) is 3.38. The summed E-state index contributed by atoms with van der Waals surface area (Å²) in [6.07, 6.45) is 3.40. The molecule has 0 radical (unpaired) electrons. The Hall–Kier alpha value is -3.27. The molecule has 0 bridgehead atoms. The van der Waals surface area contributed by atoms with Crippen LogP contribution in [0, 0.1) is 17.8 Å². The third kappa shape index (κ3) is 4.52. The number of carbonyl (C=O) groups is 1. The van der Waals surface area contributed by atoms with Crippen LogP contribution in [-0.2, 0) is 4.79 Å². The first-order chi connectivity index (χ1) is 13.6. The number of nitrogens with one attached hydrogen (secondary N) is 2. The number of piperidine rings is 1. The van der Waals surface area contributed by atoms with Crippen molar-refractivity contribution < 1.29 is 9.90 Å². The van der Waals surface area contributed by atoms with E-state index in [1.807, 2.05) is 24.1 Å². The predicted molar refractivity (Wildman–Crippen MR) is 110 cm³/mol. The fraction of sp³-hybridized carbons (Fsp3) is 0.381. The molecule has 146 valence electrons. The second-order valence-electron chi connectivity index (χ2n) is 6.73. The molecule has 1 aliphatic rings. The van der Waals surface area contributed by atoms with Crippen molar-refractivity contribution in [3.05, 3.63) is 30.6 Å². The molecule has 7 heteroatoms. The van der Waals surface area contributed by atoms with Crippen molar-refractivity contribution in [2.45, 2.75) is 19.8 Å². The van der Waals surface area contributed by atoms with Crippen molar-refractivity contribution in [1.29, 1.82) is 0 Å². The monoisotopic (exact) mass is 379 g/mol. The Bertz CT molecular complexity index is 878. The molecule has 0 aliphatic carbocycles. The normalized spacial score (nSPS) is 14.1. The van der Waals surface area contributed by atoms with Gasteiger partial charge in [0.15, 0.2) is 0 Å². The summed E-state index contributed by atoms with van der Waals surface area (Å²) in [6, 6.07) is 6.99. The second kappa shape index (κ2) is 9.09. The van der Waals surface area contributed by atoms with Gasteiger partial charge in [0, 0.05) is 26.7 Å². The van der Waals surface area contributed by atoms with Gasteiger partial charge in [0.2, 0.25) is 0 Å². The molecule has 3 N–H and O–H groups in total. The van der Waals surface area contributed by atoms with Crippen molar-refractivity contribution in [3.8, 4) is 28.7 Å². The zero-order valence-electron chi connectivity index (χ0n) is 16.2. The predicted octanol–water partition coefficient (Wildman–Crippen LogP) is 2.56. The Morgan fingerprint density at radius 3 is 2.54 bits per heavy atom. The number of anilines is 2. The van der Waals surface area contributed by atoms with Gasteiger partial charge in [0.1, 0.15) is 23.7 Å². The Kier molecular flexibility index (Phi) is 6.33. The lowest BCUT2D eigenvalue weighted by Crippen LogP contribution is -2.39. The number of hydrogen-bond donors (Lipinski definition) is 3. The lowest BCUT2D eigenvalue weighted by atomic mass is 9.96. The maximum Gasteiger partial charge on any atom is 0.298 e. The smallest absolute Gasteiger partial charge is 0.298 e. The van der Waals surface area contributed by atoms with Crippen LogP contribution >= 0.6 is 0 Å². The molecule has 0 spiro atoms. The van der Waals surface area contributed by atoms with E-state index in [4.69, 9.17) is 0 Å². The van der Waals surface area contributed by atoms with Gasteiger partial charge < -0.3 is 20.6 Å². The summed E-state index contributed by atoms with van der Waals surface area (Å²) in [5.41, 5.74) is 1.79. The Labute approximate surface area is 165 Å². The van der Waals surface area contributed by atoms with Gasteiger partial charge in [-0.15, -0.1) is 0 Å². The minimum Gasteiger partial charge on any atom is -0.508 e. The van der Waals surface area contributed by atoms with Crippen LogP contribution in [0.3, 0.4) is 0 Å². The number of aromatic nitrogens is 2. The minimum absolute atomic E-state index is 0.0852. The van der Waals surface area contributed by atoms with E-state index in [1.54, 1.807) is 19.1 Å². The van der Waals surface area contributed by atoms with E-state index in [9.17, 15) is 9.90 Å². The highest BCUT2D eigenvalue weighted by Gasteiger charge is 2.22. The third-order valence-electron chi connectivity index (χ3n) is 4.93. The lowest BCUT2D eigenvalue weighted by Gasteiger charge is -2.31. The summed E-state index contributed by atoms with van der Waals surface area (Å²) >= 11 is 0. The van der Waals surface area contributed by atoms with Crippen LogP contribution in [0.15, 0.2) is 30.6 Å². The van der Waals surface area contributed by atoms with E-state index in [-0.39, 0.29) is 11.7 Å². The van der Waals surface area contributed by atoms with Gasteiger partial charge in [-0.2, -0.15) is 0 Å². The second-order valence-corrected chi connectivity index (χ2v) is 6.73. The quantitative estimate of drug-likeness (QED) is 0.692. The maximum atomic E-state index is 11.9. The van der Waals surface area contributed by atoms with Gasteiger partial charge in [-0.3, -0.25) is 4.79 Å². The molecule has 0 unspecified atom stereocenters. The largest absolute Gasteiger partial charge is 0.508 e. The van der Waals surface area contributed by atoms with Crippen molar-refractivity contribution in [2.75, 3.05) is 37.3 Å². The topological polar surface area (TPSA) is 90.4 Å². The summed E-state index contributed by atoms with van der Waals surface area (Å²) in [5.74, 6) is 7.34. The molecule has 2 aromatic rings. The summed E-state index contributed by atoms with van der Waals surface area (Å²) in [5, 5.41) is 16.1. The van der Waals surface area contributed by atoms with Crippen molar-refractivity contribution >= 4 is 17.5 Å². The van der Waals surface area contributed by atoms with Gasteiger partial charge in [0.25, 0.3) is 5.91 Å². The van der Waals surface area contributed by atoms with Crippen molar-refractivity contribution in [2.24, 2.45) is 5.92 Å². The van der Waals surface area contributed by atoms with E-state index in [1.165, 1.54) is 6.33 Å². The summed E-state index contributed by atoms with van der Waals surface area (Å²) in [7, 11) is 1.82. The number of phenols is 1. The van der Waals surface area contributed by atoms with Crippen LogP contribution < -0.4 is 10.6 Å². The van der Waals surface area contributed by atoms with E-state index >= 15 is 0 Å². The Morgan fingerprint density at radius 1 is 1.21 bits per heavy atom. The number of carbonyl (C=O) groups excluding carboxylic acids is 1. The van der Waals surface area contributed by atoms with Crippen LogP contribution in [0.1, 0.15) is 19.8 Å². The third-order valence-corrected chi connectivity index (χ3v) is 4.93. The number of phenolic OH excluding ortho intramolecular Hbond substituents is 1. The van der Waals surface area contributed by atoms with E-state index < -0.39 is 0 Å². The number of nitrogens with zero attached hydrogens (tertiary/aromatic N) is 3. The van der Waals surface area contributed by atoms with Gasteiger partial charge in [-0.25, -0.2) is 9.97 Å². The summed E-state index contributed by atoms with van der Waals surface area (Å²) in [4.78, 5) is 22.4. The van der Waals surface area contributed by atoms with Crippen molar-refractivity contribution in [3.63, 3.8) is 0 Å². The van der Waals surface area contributed by atoms with Gasteiger partial charge in [0.05, 0.1) is 5.56 Å². The zero-order chi connectivity index (χ0) is 19.9.